The first-order valence-corrected chi connectivity index (χ1v) is 9.03. The van der Waals surface area contributed by atoms with Crippen molar-refractivity contribution in [3.63, 3.8) is 0 Å². The molecule has 1 aliphatic rings. The topological polar surface area (TPSA) is 90.9 Å². The highest BCUT2D eigenvalue weighted by Gasteiger charge is 2.47. The van der Waals surface area contributed by atoms with Gasteiger partial charge in [0.1, 0.15) is 10.7 Å². The van der Waals surface area contributed by atoms with Crippen molar-refractivity contribution in [2.45, 2.75) is 18.4 Å². The number of aromatic nitrogens is 3. The standard InChI is InChI=1S/C17H15ClN4O2S/c18-12-3-1-2-11(6-12)17(24)7-10(8-17)15(23)21-13-9-20-22-14(13)16-19-4-5-25-16/h1-6,9-10,24H,7-8H2,(H,20,22)(H,21,23). The molecule has 128 valence electrons. The van der Waals surface area contributed by atoms with E-state index in [-0.39, 0.29) is 11.8 Å². The fourth-order valence-corrected chi connectivity index (χ4v) is 3.92. The van der Waals surface area contributed by atoms with Crippen LogP contribution in [0.4, 0.5) is 5.69 Å². The summed E-state index contributed by atoms with van der Waals surface area (Å²) in [6, 6.07) is 7.13. The number of amides is 1. The molecule has 1 aliphatic carbocycles. The van der Waals surface area contributed by atoms with Crippen molar-refractivity contribution in [2.75, 3.05) is 5.32 Å². The van der Waals surface area contributed by atoms with E-state index in [0.29, 0.717) is 29.2 Å². The Morgan fingerprint density at radius 3 is 3.00 bits per heavy atom. The van der Waals surface area contributed by atoms with Crippen molar-refractivity contribution in [1.82, 2.24) is 15.2 Å². The van der Waals surface area contributed by atoms with Gasteiger partial charge >= 0.3 is 0 Å². The average Bonchev–Trinajstić information content (AvgIpc) is 3.22. The van der Waals surface area contributed by atoms with Gasteiger partial charge in [-0.25, -0.2) is 4.98 Å². The first-order chi connectivity index (χ1) is 12.0. The predicted octanol–water partition coefficient (Wildman–Crippen LogP) is 3.42. The largest absolute Gasteiger partial charge is 0.385 e. The molecular formula is C17H15ClN4O2S. The van der Waals surface area contributed by atoms with E-state index >= 15 is 0 Å². The Morgan fingerprint density at radius 1 is 1.44 bits per heavy atom. The molecule has 25 heavy (non-hydrogen) atoms. The maximum absolute atomic E-state index is 12.5. The van der Waals surface area contributed by atoms with Gasteiger partial charge in [0.25, 0.3) is 0 Å². The number of nitrogens with one attached hydrogen (secondary N) is 2. The summed E-state index contributed by atoms with van der Waals surface area (Å²) in [5.41, 5.74) is 1.03. The fraction of sp³-hybridized carbons (Fsp3) is 0.235. The number of hydrogen-bond acceptors (Lipinski definition) is 5. The van der Waals surface area contributed by atoms with E-state index in [1.54, 1.807) is 30.6 Å². The number of H-pyrrole nitrogens is 1. The molecule has 1 aromatic carbocycles. The number of thiazole rings is 1. The van der Waals surface area contributed by atoms with Crippen LogP contribution in [-0.4, -0.2) is 26.2 Å². The maximum Gasteiger partial charge on any atom is 0.227 e. The summed E-state index contributed by atoms with van der Waals surface area (Å²) in [5, 5.41) is 23.6. The van der Waals surface area contributed by atoms with E-state index in [0.717, 1.165) is 10.6 Å². The van der Waals surface area contributed by atoms with Gasteiger partial charge in [-0.3, -0.25) is 9.89 Å². The molecule has 2 aromatic heterocycles. The van der Waals surface area contributed by atoms with Crippen LogP contribution >= 0.6 is 22.9 Å². The predicted molar refractivity (Wildman–Crippen MR) is 96.4 cm³/mol. The minimum absolute atomic E-state index is 0.133. The number of rotatable bonds is 4. The third kappa shape index (κ3) is 3.06. The van der Waals surface area contributed by atoms with E-state index in [1.807, 2.05) is 11.4 Å². The van der Waals surface area contributed by atoms with Gasteiger partial charge in [0.05, 0.1) is 17.5 Å². The highest BCUT2D eigenvalue weighted by molar-refractivity contribution is 7.13. The van der Waals surface area contributed by atoms with E-state index in [9.17, 15) is 9.90 Å². The van der Waals surface area contributed by atoms with Crippen LogP contribution in [0.3, 0.4) is 0 Å². The summed E-state index contributed by atoms with van der Waals surface area (Å²) in [7, 11) is 0. The van der Waals surface area contributed by atoms with Crippen molar-refractivity contribution in [3.8, 4) is 10.7 Å². The zero-order valence-electron chi connectivity index (χ0n) is 13.1. The molecule has 1 amide bonds. The second-order valence-corrected chi connectivity index (χ2v) is 7.46. The quantitative estimate of drug-likeness (QED) is 0.652. The monoisotopic (exact) mass is 374 g/mol. The van der Waals surface area contributed by atoms with Crippen molar-refractivity contribution in [1.29, 1.82) is 0 Å². The number of hydrogen-bond donors (Lipinski definition) is 3. The molecule has 3 N–H and O–H groups in total. The highest BCUT2D eigenvalue weighted by Crippen LogP contribution is 2.46. The van der Waals surface area contributed by atoms with Crippen LogP contribution < -0.4 is 5.32 Å². The van der Waals surface area contributed by atoms with Crippen molar-refractivity contribution in [2.24, 2.45) is 5.92 Å². The van der Waals surface area contributed by atoms with Crippen molar-refractivity contribution in [3.05, 3.63) is 52.6 Å². The van der Waals surface area contributed by atoms with Gasteiger partial charge in [0.2, 0.25) is 5.91 Å². The van der Waals surface area contributed by atoms with Gasteiger partial charge in [-0.2, -0.15) is 5.10 Å². The van der Waals surface area contributed by atoms with E-state index in [1.165, 1.54) is 11.3 Å². The Labute approximate surface area is 152 Å². The minimum atomic E-state index is -0.999. The van der Waals surface area contributed by atoms with Crippen LogP contribution in [0.25, 0.3) is 10.7 Å². The molecule has 0 atom stereocenters. The number of aliphatic hydroxyl groups is 1. The number of carbonyl (C=O) groups excluding carboxylic acids is 1. The lowest BCUT2D eigenvalue weighted by molar-refractivity contribution is -0.137. The molecule has 0 radical (unpaired) electrons. The Bertz CT molecular complexity index is 903. The minimum Gasteiger partial charge on any atom is -0.385 e. The number of nitrogens with zero attached hydrogens (tertiary/aromatic N) is 2. The molecule has 0 saturated heterocycles. The molecule has 3 aromatic rings. The van der Waals surface area contributed by atoms with Crippen LogP contribution in [0.15, 0.2) is 42.0 Å². The molecule has 0 aliphatic heterocycles. The zero-order chi connectivity index (χ0) is 17.4. The number of anilines is 1. The number of halogens is 1. The Kier molecular flexibility index (Phi) is 4.07. The third-order valence-corrected chi connectivity index (χ3v) is 5.47. The molecule has 1 saturated carbocycles. The molecule has 0 spiro atoms. The highest BCUT2D eigenvalue weighted by atomic mass is 35.5. The molecule has 2 heterocycles. The van der Waals surface area contributed by atoms with Crippen LogP contribution in [0, 0.1) is 5.92 Å². The van der Waals surface area contributed by atoms with Gasteiger partial charge in [-0.1, -0.05) is 23.7 Å². The van der Waals surface area contributed by atoms with Gasteiger partial charge < -0.3 is 10.4 Å². The van der Waals surface area contributed by atoms with Crippen molar-refractivity contribution < 1.29 is 9.90 Å². The molecule has 8 heteroatoms. The average molecular weight is 375 g/mol. The summed E-state index contributed by atoms with van der Waals surface area (Å²) < 4.78 is 0. The van der Waals surface area contributed by atoms with Crippen LogP contribution in [0.5, 0.6) is 0 Å². The van der Waals surface area contributed by atoms with E-state index < -0.39 is 5.60 Å². The molecule has 6 nitrogen and oxygen atoms in total. The van der Waals surface area contributed by atoms with Crippen LogP contribution in [0.2, 0.25) is 5.02 Å². The summed E-state index contributed by atoms with van der Waals surface area (Å²) >= 11 is 7.45. The van der Waals surface area contributed by atoms with Crippen molar-refractivity contribution >= 4 is 34.5 Å². The van der Waals surface area contributed by atoms with Gasteiger partial charge in [0.15, 0.2) is 0 Å². The second-order valence-electron chi connectivity index (χ2n) is 6.13. The summed E-state index contributed by atoms with van der Waals surface area (Å²) in [6.45, 7) is 0. The van der Waals surface area contributed by atoms with Gasteiger partial charge in [0, 0.05) is 22.5 Å². The summed E-state index contributed by atoms with van der Waals surface area (Å²) in [6.07, 6.45) is 3.99. The molecule has 0 unspecified atom stereocenters. The number of benzene rings is 1. The lowest BCUT2D eigenvalue weighted by Gasteiger charge is -2.43. The SMILES string of the molecule is O=C(Nc1cn[nH]c1-c1nccs1)C1CC(O)(c2cccc(Cl)c2)C1. The Balaban J connectivity index is 1.44. The normalized spacial score (nSPS) is 22.4. The Hall–Kier alpha value is -2.22. The first kappa shape index (κ1) is 16.3. The molecule has 0 bridgehead atoms. The van der Waals surface area contributed by atoms with E-state index in [2.05, 4.69) is 20.5 Å². The molecule has 4 rings (SSSR count). The Morgan fingerprint density at radius 2 is 2.28 bits per heavy atom. The maximum atomic E-state index is 12.5. The summed E-state index contributed by atoms with van der Waals surface area (Å²) in [5.74, 6) is -0.395. The molecule has 1 fully saturated rings. The zero-order valence-corrected chi connectivity index (χ0v) is 14.6. The first-order valence-electron chi connectivity index (χ1n) is 7.78. The van der Waals surface area contributed by atoms with E-state index in [4.69, 9.17) is 11.6 Å². The third-order valence-electron chi connectivity index (χ3n) is 4.44. The molecular weight excluding hydrogens is 360 g/mol. The summed E-state index contributed by atoms with van der Waals surface area (Å²) in [4.78, 5) is 16.7. The lowest BCUT2D eigenvalue weighted by Crippen LogP contribution is -2.46. The second kappa shape index (κ2) is 6.25. The van der Waals surface area contributed by atoms with Crippen LogP contribution in [0.1, 0.15) is 18.4 Å². The lowest BCUT2D eigenvalue weighted by atomic mass is 9.67. The van der Waals surface area contributed by atoms with Crippen LogP contribution in [-0.2, 0) is 10.4 Å². The van der Waals surface area contributed by atoms with Gasteiger partial charge in [-0.15, -0.1) is 11.3 Å². The smallest absolute Gasteiger partial charge is 0.227 e. The number of carbonyl (C=O) groups is 1. The van der Waals surface area contributed by atoms with Gasteiger partial charge in [-0.05, 0) is 30.5 Å². The number of aromatic amines is 1. The fourth-order valence-electron chi connectivity index (χ4n) is 3.08.